The fourth-order valence-electron chi connectivity index (χ4n) is 9.79. The third-order valence-electron chi connectivity index (χ3n) is 14.5. The van der Waals surface area contributed by atoms with Gasteiger partial charge in [0.2, 0.25) is 25.2 Å². The molecule has 4 saturated heterocycles. The summed E-state index contributed by atoms with van der Waals surface area (Å²) in [6.45, 7) is -0.0711. The van der Waals surface area contributed by atoms with Crippen molar-refractivity contribution in [1.29, 1.82) is 0 Å². The fourth-order valence-corrected chi connectivity index (χ4v) is 9.79. The molecule has 35 heteroatoms. The number of ether oxygens (including phenoxy) is 16. The second kappa shape index (κ2) is 27.1. The van der Waals surface area contributed by atoms with Crippen molar-refractivity contribution in [2.75, 3.05) is 26.4 Å². The maximum atomic E-state index is 11.3. The third-order valence-corrected chi connectivity index (χ3v) is 14.5. The first kappa shape index (κ1) is 63.9. The van der Waals surface area contributed by atoms with Crippen LogP contribution in [0.2, 0.25) is 0 Å². The largest absolute Gasteiger partial charge is 0.466 e. The molecule has 20 unspecified atom stereocenters. The van der Waals surface area contributed by atoms with Crippen molar-refractivity contribution in [3.05, 3.63) is 36.1 Å². The first-order valence-electron chi connectivity index (χ1n) is 25.7. The Balaban J connectivity index is 1.03. The summed E-state index contributed by atoms with van der Waals surface area (Å²) in [6, 6.07) is 0. The van der Waals surface area contributed by atoms with E-state index in [0.717, 1.165) is 0 Å². The Morgan fingerprint density at radius 3 is 1.11 bits per heavy atom. The normalized spacial score (nSPS) is 50.8. The van der Waals surface area contributed by atoms with E-state index in [2.05, 4.69) is 0 Å². The van der Waals surface area contributed by atoms with Gasteiger partial charge in [-0.25, -0.2) is 0 Å². The molecule has 18 heterocycles. The summed E-state index contributed by atoms with van der Waals surface area (Å²) >= 11 is 0. The molecule has 14 bridgehead atoms. The molecule has 35 nitrogen and oxygen atoms in total. The van der Waals surface area contributed by atoms with Crippen LogP contribution in [0.25, 0.3) is 0 Å². The van der Waals surface area contributed by atoms with E-state index < -0.39 is 247 Å². The second-order valence-electron chi connectivity index (χ2n) is 20.3. The molecular weight excluding hydrogens is 1110 g/mol. The fraction of sp³-hybridized carbons (Fsp3) is 0.870. The van der Waals surface area contributed by atoms with Crippen molar-refractivity contribution < 1.29 is 173 Å². The average molecular weight is 1190 g/mol. The van der Waals surface area contributed by atoms with E-state index in [1.165, 1.54) is 20.8 Å². The van der Waals surface area contributed by atoms with Gasteiger partial charge in [0.25, 0.3) is 6.29 Å². The predicted octanol–water partition coefficient (Wildman–Crippen LogP) is -11.4. The highest BCUT2D eigenvalue weighted by molar-refractivity contribution is 5.10. The Morgan fingerprint density at radius 2 is 0.642 bits per heavy atom. The van der Waals surface area contributed by atoms with Crippen molar-refractivity contribution in [2.45, 2.75) is 224 Å². The van der Waals surface area contributed by atoms with Gasteiger partial charge in [0.15, 0.2) is 42.3 Å². The minimum atomic E-state index is -2.14. The second-order valence-corrected chi connectivity index (χ2v) is 20.3. The standard InChI is InChI=1S/C46H72O35/c1-11(51)39-71-14(4-47)15(5-48)72-40-28(59)21(52)18(8-66-40)75-41-29(60)22(53)20(9-67-41)77-45-33(64)26(57)38(17(7-50)73-45)81-46-34(65)27(58)37(16(6-49)74-46)80-42-30(61)23(54)19(10-68-42)76-43-31(62)24(55)36(13(3)69-43)79-44-32(63)25(56)35(78-39)12(2)70-44/h8-17,21-65H,4-7H2,1-3H3/t11?,12?,13?,14?,15-,16?,17?,21?,22?,23?,24?,25?,26?,27?,28?,29?,30?,31?,32?,33?,34?,35+,36+,37+,38-,39+,40+,41+,42-,43+,44+,45+,46+/m0/s1. The molecule has 0 aromatic rings. The highest BCUT2D eigenvalue weighted by Gasteiger charge is 2.56. The third kappa shape index (κ3) is 13.3. The molecule has 0 aromatic heterocycles. The van der Waals surface area contributed by atoms with Gasteiger partial charge in [0.1, 0.15) is 153 Å². The summed E-state index contributed by atoms with van der Waals surface area (Å²) in [5.74, 6) is -1.88. The lowest BCUT2D eigenvalue weighted by Gasteiger charge is -2.47. The zero-order valence-corrected chi connectivity index (χ0v) is 43.1. The van der Waals surface area contributed by atoms with Gasteiger partial charge >= 0.3 is 0 Å². The van der Waals surface area contributed by atoms with Gasteiger partial charge in [-0.1, -0.05) is 0 Å². The minimum Gasteiger partial charge on any atom is -0.466 e. The van der Waals surface area contributed by atoms with Gasteiger partial charge in [0, 0.05) is 0 Å². The van der Waals surface area contributed by atoms with Crippen molar-refractivity contribution in [3.63, 3.8) is 0 Å². The van der Waals surface area contributed by atoms with Crippen LogP contribution in [0.5, 0.6) is 0 Å². The molecule has 4 fully saturated rings. The molecule has 0 spiro atoms. The van der Waals surface area contributed by atoms with E-state index >= 15 is 0 Å². The Bertz CT molecular complexity index is 2100. The van der Waals surface area contributed by atoms with Crippen molar-refractivity contribution in [2.24, 2.45) is 0 Å². The number of hydrogen-bond donors (Lipinski definition) is 19. The highest BCUT2D eigenvalue weighted by Crippen LogP contribution is 2.37. The summed E-state index contributed by atoms with van der Waals surface area (Å²) in [5.41, 5.74) is 0. The molecule has 19 N–H and O–H groups in total. The first-order valence-corrected chi connectivity index (χ1v) is 25.7. The zero-order chi connectivity index (χ0) is 59.0. The molecular formula is C46H72O35. The van der Waals surface area contributed by atoms with E-state index in [-0.39, 0.29) is 0 Å². The van der Waals surface area contributed by atoms with E-state index in [0.29, 0.717) is 18.8 Å². The van der Waals surface area contributed by atoms with Gasteiger partial charge in [-0.05, 0) is 20.8 Å². The molecule has 18 rings (SSSR count). The van der Waals surface area contributed by atoms with Crippen LogP contribution in [-0.4, -0.2) is 326 Å². The number of aliphatic hydroxyl groups is 19. The lowest BCUT2D eigenvalue weighted by Crippen LogP contribution is -2.65. The van der Waals surface area contributed by atoms with Gasteiger partial charge in [-0.2, -0.15) is 0 Å². The van der Waals surface area contributed by atoms with Gasteiger partial charge in [-0.15, -0.1) is 0 Å². The van der Waals surface area contributed by atoms with E-state index in [9.17, 15) is 97.0 Å². The smallest absolute Gasteiger partial charge is 0.268 e. The molecule has 466 valence electrons. The number of hydrogen-bond acceptors (Lipinski definition) is 35. The lowest BCUT2D eigenvalue weighted by molar-refractivity contribution is -0.370. The molecule has 81 heavy (non-hydrogen) atoms. The molecule has 18 aliphatic heterocycles. The predicted molar refractivity (Wildman–Crippen MR) is 245 cm³/mol. The van der Waals surface area contributed by atoms with Crippen LogP contribution in [0, 0.1) is 0 Å². The van der Waals surface area contributed by atoms with E-state index in [1.54, 1.807) is 0 Å². The highest BCUT2D eigenvalue weighted by atomic mass is 16.8. The monoisotopic (exact) mass is 1180 g/mol. The van der Waals surface area contributed by atoms with Gasteiger partial charge < -0.3 is 173 Å². The van der Waals surface area contributed by atoms with Crippen LogP contribution in [0.3, 0.4) is 0 Å². The van der Waals surface area contributed by atoms with Crippen molar-refractivity contribution in [1.82, 2.24) is 0 Å². The van der Waals surface area contributed by atoms with Crippen LogP contribution in [0.15, 0.2) is 36.1 Å². The van der Waals surface area contributed by atoms with Crippen LogP contribution in [0.4, 0.5) is 0 Å². The topological polar surface area (TPSA) is 532 Å². The van der Waals surface area contributed by atoms with Crippen LogP contribution < -0.4 is 0 Å². The lowest BCUT2D eigenvalue weighted by atomic mass is 9.96. The average Bonchev–Trinajstić information content (AvgIpc) is 3.51. The minimum absolute atomic E-state index is 0.601. The van der Waals surface area contributed by atoms with Crippen LogP contribution in [0.1, 0.15) is 20.8 Å². The maximum absolute atomic E-state index is 11.3. The quantitative estimate of drug-likeness (QED) is 0.122. The Labute approximate surface area is 458 Å². The molecule has 0 radical (unpaired) electrons. The Morgan fingerprint density at radius 1 is 0.333 bits per heavy atom. The molecule has 0 saturated carbocycles. The summed E-state index contributed by atoms with van der Waals surface area (Å²) in [4.78, 5) is 0. The number of rotatable bonds is 5. The Hall–Kier alpha value is -3.14. The Kier molecular flexibility index (Phi) is 21.3. The van der Waals surface area contributed by atoms with E-state index in [4.69, 9.17) is 75.8 Å². The number of fused-ring (bicyclic) bond motifs is 1. The van der Waals surface area contributed by atoms with Gasteiger partial charge in [0.05, 0.1) is 38.6 Å². The summed E-state index contributed by atoms with van der Waals surface area (Å²) in [6.07, 6.45) is -59.2. The molecule has 0 amide bonds. The molecule has 18 aliphatic rings. The van der Waals surface area contributed by atoms with Crippen molar-refractivity contribution >= 4 is 0 Å². The zero-order valence-electron chi connectivity index (χ0n) is 43.1. The maximum Gasteiger partial charge on any atom is 0.268 e. The van der Waals surface area contributed by atoms with Crippen LogP contribution >= 0.6 is 0 Å². The summed E-state index contributed by atoms with van der Waals surface area (Å²) in [5, 5.41) is 208. The summed E-state index contributed by atoms with van der Waals surface area (Å²) in [7, 11) is 0. The van der Waals surface area contributed by atoms with E-state index in [1.807, 2.05) is 0 Å². The van der Waals surface area contributed by atoms with Gasteiger partial charge in [-0.3, -0.25) is 0 Å². The molecule has 33 atom stereocenters. The molecule has 0 aliphatic carbocycles. The molecule has 0 aromatic carbocycles. The number of aliphatic hydroxyl groups excluding tert-OH is 19. The first-order chi connectivity index (χ1) is 38.4. The summed E-state index contributed by atoms with van der Waals surface area (Å²) < 4.78 is 90.1. The SMILES string of the molecule is CC(O)[C@@H]1OC(CO)[C@H](CO)O[C@H]2OC=C(O[C@H]3OC=C(O[C@H]4OC(CO)[C@H](O[C@H]5OC(CO)[C@@H](O[C@@H]6OC=C(O[C@H]7OC(C)[C@@H](O[C@H]8OC(C)[C@@H](O1)C(O)C8O)C(O)C7O)C(O)C6O)C(O)C5O)C(O)C4O)C(O)C3O)C(O)C2O. The van der Waals surface area contributed by atoms with Crippen LogP contribution in [-0.2, 0) is 75.8 Å². The van der Waals surface area contributed by atoms with Crippen molar-refractivity contribution in [3.8, 4) is 0 Å².